The quantitative estimate of drug-likeness (QED) is 0.390. The lowest BCUT2D eigenvalue weighted by Gasteiger charge is -2.40. The van der Waals surface area contributed by atoms with E-state index in [4.69, 9.17) is 15.5 Å². The average molecular weight is 541 g/mol. The normalized spacial score (nSPS) is 22.7. The van der Waals surface area contributed by atoms with E-state index in [9.17, 15) is 0 Å². The lowest BCUT2D eigenvalue weighted by Crippen LogP contribution is -2.47. The summed E-state index contributed by atoms with van der Waals surface area (Å²) in [6.07, 6.45) is 7.19. The van der Waals surface area contributed by atoms with Crippen molar-refractivity contribution < 1.29 is 4.74 Å². The zero-order chi connectivity index (χ0) is 27.3. The molecular formula is C33H44N6O. The van der Waals surface area contributed by atoms with Crippen molar-refractivity contribution in [2.75, 3.05) is 56.6 Å². The van der Waals surface area contributed by atoms with Crippen molar-refractivity contribution in [2.24, 2.45) is 5.73 Å². The summed E-state index contributed by atoms with van der Waals surface area (Å²) in [4.78, 5) is 10.3. The molecule has 7 nitrogen and oxygen atoms in total. The van der Waals surface area contributed by atoms with Gasteiger partial charge in [-0.15, -0.1) is 0 Å². The van der Waals surface area contributed by atoms with E-state index in [0.717, 1.165) is 92.1 Å². The summed E-state index contributed by atoms with van der Waals surface area (Å²) in [5, 5.41) is 7.33. The minimum Gasteiger partial charge on any atom is -0.497 e. The second-order valence-electron chi connectivity index (χ2n) is 11.7. The molecule has 212 valence electrons. The van der Waals surface area contributed by atoms with Gasteiger partial charge in [0.25, 0.3) is 0 Å². The Morgan fingerprint density at radius 2 is 1.40 bits per heavy atom. The predicted octanol–water partition coefficient (Wildman–Crippen LogP) is 4.98. The highest BCUT2D eigenvalue weighted by atomic mass is 16.5. The first-order chi connectivity index (χ1) is 19.6. The minimum absolute atomic E-state index is 0.412. The van der Waals surface area contributed by atoms with Gasteiger partial charge in [-0.05, 0) is 87.1 Å². The molecule has 1 aliphatic carbocycles. The molecule has 6 rings (SSSR count). The fraction of sp³-hybridized carbons (Fsp3) is 0.485. The number of likely N-dealkylation sites (tertiary alicyclic amines) is 1. The Balaban J connectivity index is 1.20. The maximum Gasteiger partial charge on any atom is 0.118 e. The molecule has 0 radical (unpaired) electrons. The van der Waals surface area contributed by atoms with Crippen LogP contribution in [-0.2, 0) is 0 Å². The number of nitrogens with zero attached hydrogens (tertiary/aromatic N) is 3. The van der Waals surface area contributed by atoms with Gasteiger partial charge in [0.2, 0.25) is 0 Å². The van der Waals surface area contributed by atoms with Crippen LogP contribution >= 0.6 is 0 Å². The summed E-state index contributed by atoms with van der Waals surface area (Å²) in [5.74, 6) is 0.855. The minimum atomic E-state index is 0.412. The van der Waals surface area contributed by atoms with E-state index in [1.54, 1.807) is 7.11 Å². The SMILES string of the molecule is COc1ccc(-c2cc(NC3CCN(C4CCC(N)CC4)CC3)cc(-c3ccc(N4CCNCC4)cc3)n2)cc1. The Bertz CT molecular complexity index is 1220. The van der Waals surface area contributed by atoms with Crippen LogP contribution < -0.4 is 26.0 Å². The third-order valence-corrected chi connectivity index (χ3v) is 9.01. The smallest absolute Gasteiger partial charge is 0.118 e. The van der Waals surface area contributed by atoms with Gasteiger partial charge in [-0.3, -0.25) is 0 Å². The van der Waals surface area contributed by atoms with E-state index < -0.39 is 0 Å². The lowest BCUT2D eigenvalue weighted by molar-refractivity contribution is 0.121. The van der Waals surface area contributed by atoms with Crippen molar-refractivity contribution in [2.45, 2.75) is 56.7 Å². The van der Waals surface area contributed by atoms with Crippen LogP contribution in [0.3, 0.4) is 0 Å². The van der Waals surface area contributed by atoms with Crippen molar-refractivity contribution in [3.05, 3.63) is 60.7 Å². The second-order valence-corrected chi connectivity index (χ2v) is 11.7. The molecule has 2 aliphatic heterocycles. The highest BCUT2D eigenvalue weighted by Crippen LogP contribution is 2.31. The largest absolute Gasteiger partial charge is 0.497 e. The molecule has 3 heterocycles. The van der Waals surface area contributed by atoms with Gasteiger partial charge >= 0.3 is 0 Å². The Morgan fingerprint density at radius 1 is 0.800 bits per heavy atom. The van der Waals surface area contributed by atoms with Crippen LogP contribution in [0.1, 0.15) is 38.5 Å². The molecule has 0 spiro atoms. The topological polar surface area (TPSA) is 78.7 Å². The Kier molecular flexibility index (Phi) is 8.51. The van der Waals surface area contributed by atoms with Gasteiger partial charge in [0.1, 0.15) is 5.75 Å². The van der Waals surface area contributed by atoms with E-state index in [1.807, 2.05) is 12.1 Å². The fourth-order valence-corrected chi connectivity index (χ4v) is 6.55. The molecular weight excluding hydrogens is 496 g/mol. The maximum atomic E-state index is 6.15. The molecule has 7 heteroatoms. The Hall–Kier alpha value is -3.13. The predicted molar refractivity (Wildman–Crippen MR) is 165 cm³/mol. The second kappa shape index (κ2) is 12.6. The van der Waals surface area contributed by atoms with E-state index >= 15 is 0 Å². The number of nitrogens with two attached hydrogens (primary N) is 1. The molecule has 0 unspecified atom stereocenters. The molecule has 0 bridgehead atoms. The van der Waals surface area contributed by atoms with E-state index in [0.29, 0.717) is 12.1 Å². The maximum absolute atomic E-state index is 6.15. The van der Waals surface area contributed by atoms with Crippen molar-refractivity contribution in [1.29, 1.82) is 0 Å². The number of hydrogen-bond donors (Lipinski definition) is 3. The summed E-state index contributed by atoms with van der Waals surface area (Å²) in [6.45, 7) is 6.49. The zero-order valence-electron chi connectivity index (χ0n) is 23.8. The van der Waals surface area contributed by atoms with Gasteiger partial charge < -0.3 is 30.9 Å². The van der Waals surface area contributed by atoms with Crippen molar-refractivity contribution in [3.8, 4) is 28.3 Å². The summed E-state index contributed by atoms with van der Waals surface area (Å²) >= 11 is 0. The molecule has 1 saturated carbocycles. The molecule has 3 fully saturated rings. The Labute approximate surface area is 239 Å². The van der Waals surface area contributed by atoms with E-state index in [-0.39, 0.29) is 0 Å². The third-order valence-electron chi connectivity index (χ3n) is 9.01. The van der Waals surface area contributed by atoms with Crippen LogP contribution in [0.4, 0.5) is 11.4 Å². The van der Waals surface area contributed by atoms with Crippen molar-refractivity contribution in [3.63, 3.8) is 0 Å². The summed E-state index contributed by atoms with van der Waals surface area (Å²) in [5.41, 5.74) is 12.8. The van der Waals surface area contributed by atoms with Gasteiger partial charge in [0.05, 0.1) is 18.5 Å². The molecule has 40 heavy (non-hydrogen) atoms. The molecule has 2 aromatic carbocycles. The average Bonchev–Trinajstić information content (AvgIpc) is 3.02. The molecule has 3 aromatic rings. The van der Waals surface area contributed by atoms with Gasteiger partial charge in [-0.2, -0.15) is 0 Å². The lowest BCUT2D eigenvalue weighted by atomic mass is 9.89. The Morgan fingerprint density at radius 3 is 2.00 bits per heavy atom. The zero-order valence-corrected chi connectivity index (χ0v) is 23.8. The van der Waals surface area contributed by atoms with Crippen LogP contribution in [0, 0.1) is 0 Å². The highest BCUT2D eigenvalue weighted by molar-refractivity contribution is 5.73. The molecule has 2 saturated heterocycles. The monoisotopic (exact) mass is 540 g/mol. The number of anilines is 2. The summed E-state index contributed by atoms with van der Waals surface area (Å²) < 4.78 is 5.39. The fourth-order valence-electron chi connectivity index (χ4n) is 6.55. The molecule has 1 aromatic heterocycles. The van der Waals surface area contributed by atoms with Crippen LogP contribution in [0.5, 0.6) is 5.75 Å². The van der Waals surface area contributed by atoms with Crippen LogP contribution in [-0.4, -0.2) is 74.4 Å². The first-order valence-electron chi connectivity index (χ1n) is 15.1. The third kappa shape index (κ3) is 6.43. The number of aromatic nitrogens is 1. The highest BCUT2D eigenvalue weighted by Gasteiger charge is 2.28. The summed E-state index contributed by atoms with van der Waals surface area (Å²) in [6, 6.07) is 23.1. The molecule has 3 aliphatic rings. The first kappa shape index (κ1) is 27.1. The van der Waals surface area contributed by atoms with E-state index in [2.05, 4.69) is 69.0 Å². The van der Waals surface area contributed by atoms with Crippen LogP contribution in [0.15, 0.2) is 60.7 Å². The number of ether oxygens (including phenoxy) is 1. The number of piperazine rings is 1. The number of benzene rings is 2. The standard InChI is InChI=1S/C33H44N6O/c1-40-31-12-4-25(5-13-31)33-23-28(36-27-14-18-38(19-15-27)30-10-6-26(34)7-11-30)22-32(37-33)24-2-8-29(9-3-24)39-20-16-35-17-21-39/h2-5,8-9,12-13,22-23,26-27,30,35H,6-7,10-11,14-21,34H2,1H3,(H,36,37). The van der Waals surface area contributed by atoms with E-state index in [1.165, 1.54) is 31.4 Å². The van der Waals surface area contributed by atoms with Crippen molar-refractivity contribution in [1.82, 2.24) is 15.2 Å². The number of methoxy groups -OCH3 is 1. The number of rotatable bonds is 7. The van der Waals surface area contributed by atoms with Gasteiger partial charge in [-0.1, -0.05) is 12.1 Å². The number of pyridine rings is 1. The molecule has 0 amide bonds. The summed E-state index contributed by atoms with van der Waals surface area (Å²) in [7, 11) is 1.70. The van der Waals surface area contributed by atoms with Gasteiger partial charge in [0.15, 0.2) is 0 Å². The number of hydrogen-bond acceptors (Lipinski definition) is 7. The first-order valence-corrected chi connectivity index (χ1v) is 15.1. The molecule has 4 N–H and O–H groups in total. The van der Waals surface area contributed by atoms with Crippen LogP contribution in [0.25, 0.3) is 22.5 Å². The number of nitrogens with one attached hydrogen (secondary N) is 2. The molecule has 0 atom stereocenters. The van der Waals surface area contributed by atoms with Crippen molar-refractivity contribution >= 4 is 11.4 Å². The van der Waals surface area contributed by atoms with Crippen LogP contribution in [0.2, 0.25) is 0 Å². The number of piperidine rings is 1. The van der Waals surface area contributed by atoms with Gasteiger partial charge in [0, 0.05) is 79.9 Å². The van der Waals surface area contributed by atoms with Gasteiger partial charge in [-0.25, -0.2) is 4.98 Å².